The Kier molecular flexibility index (Phi) is 4.66. The molecule has 0 aromatic rings. The van der Waals surface area contributed by atoms with E-state index in [1.807, 2.05) is 6.92 Å². The molecule has 5 nitrogen and oxygen atoms in total. The Morgan fingerprint density at radius 3 is 1.76 bits per heavy atom. The van der Waals surface area contributed by atoms with Crippen molar-refractivity contribution in [2.24, 2.45) is 5.92 Å². The van der Waals surface area contributed by atoms with Crippen LogP contribution >= 0.6 is 0 Å². The lowest BCUT2D eigenvalue weighted by atomic mass is 9.97. The van der Waals surface area contributed by atoms with Crippen LogP contribution in [0.4, 0.5) is 4.79 Å². The maximum absolute atomic E-state index is 12.0. The van der Waals surface area contributed by atoms with Gasteiger partial charge in [0.1, 0.15) is 5.92 Å². The van der Waals surface area contributed by atoms with Crippen molar-refractivity contribution in [1.82, 2.24) is 9.80 Å². The third-order valence-electron chi connectivity index (χ3n) is 3.07. The van der Waals surface area contributed by atoms with Crippen molar-refractivity contribution in [3.05, 3.63) is 0 Å². The average molecular weight is 240 g/mol. The molecule has 0 unspecified atom stereocenters. The zero-order valence-corrected chi connectivity index (χ0v) is 10.7. The molecule has 0 spiro atoms. The Balaban J connectivity index is 2.93. The lowest BCUT2D eigenvalue weighted by molar-refractivity contribution is -0.149. The molecule has 1 rings (SSSR count). The van der Waals surface area contributed by atoms with E-state index in [4.69, 9.17) is 0 Å². The summed E-state index contributed by atoms with van der Waals surface area (Å²) in [5, 5.41) is 0. The van der Waals surface area contributed by atoms with Crippen LogP contribution in [0.15, 0.2) is 0 Å². The predicted octanol–water partition coefficient (Wildman–Crippen LogP) is 1.62. The normalized spacial score (nSPS) is 18.2. The lowest BCUT2D eigenvalue weighted by Crippen LogP contribution is -2.59. The van der Waals surface area contributed by atoms with Crippen LogP contribution in [0, 0.1) is 5.92 Å². The second-order valence-corrected chi connectivity index (χ2v) is 4.14. The largest absolute Gasteiger partial charge is 0.333 e. The number of barbiturate groups is 1. The number of amides is 4. The number of nitrogens with zero attached hydrogens (tertiary/aromatic N) is 2. The summed E-state index contributed by atoms with van der Waals surface area (Å²) < 4.78 is 0. The third kappa shape index (κ3) is 2.48. The molecule has 0 aromatic carbocycles. The zero-order chi connectivity index (χ0) is 13.0. The van der Waals surface area contributed by atoms with E-state index >= 15 is 0 Å². The highest BCUT2D eigenvalue weighted by molar-refractivity contribution is 6.16. The van der Waals surface area contributed by atoms with E-state index in [9.17, 15) is 14.4 Å². The maximum atomic E-state index is 12.0. The van der Waals surface area contributed by atoms with Gasteiger partial charge in [-0.05, 0) is 20.3 Å². The number of carbonyl (C=O) groups excluding carboxylic acids is 3. The summed E-state index contributed by atoms with van der Waals surface area (Å²) in [6.45, 7) is 6.15. The molecule has 1 aliphatic heterocycles. The summed E-state index contributed by atoms with van der Waals surface area (Å²) in [6.07, 6.45) is 2.29. The van der Waals surface area contributed by atoms with Crippen molar-refractivity contribution in [2.45, 2.75) is 40.0 Å². The number of rotatable bonds is 5. The van der Waals surface area contributed by atoms with Crippen LogP contribution in [0.3, 0.4) is 0 Å². The van der Waals surface area contributed by atoms with Crippen molar-refractivity contribution in [3.8, 4) is 0 Å². The fourth-order valence-corrected chi connectivity index (χ4v) is 2.05. The summed E-state index contributed by atoms with van der Waals surface area (Å²) in [4.78, 5) is 38.2. The second-order valence-electron chi connectivity index (χ2n) is 4.14. The molecular weight excluding hydrogens is 220 g/mol. The lowest BCUT2D eigenvalue weighted by Gasteiger charge is -2.35. The molecule has 0 N–H and O–H groups in total. The van der Waals surface area contributed by atoms with Crippen LogP contribution in [0.25, 0.3) is 0 Å². The molecule has 1 fully saturated rings. The minimum Gasteiger partial charge on any atom is -0.273 e. The van der Waals surface area contributed by atoms with Crippen LogP contribution in [-0.4, -0.2) is 40.7 Å². The molecule has 4 amide bonds. The quantitative estimate of drug-likeness (QED) is 0.686. The van der Waals surface area contributed by atoms with Gasteiger partial charge in [-0.3, -0.25) is 19.4 Å². The average Bonchev–Trinajstić information content (AvgIpc) is 2.30. The fourth-order valence-electron chi connectivity index (χ4n) is 2.05. The first kappa shape index (κ1) is 13.7. The van der Waals surface area contributed by atoms with E-state index in [0.717, 1.165) is 12.8 Å². The smallest absolute Gasteiger partial charge is 0.273 e. The van der Waals surface area contributed by atoms with E-state index in [0.29, 0.717) is 19.5 Å². The Morgan fingerprint density at radius 1 is 0.941 bits per heavy atom. The molecular formula is C12H20N2O3. The molecule has 5 heteroatoms. The first-order valence-electron chi connectivity index (χ1n) is 6.25. The first-order chi connectivity index (χ1) is 8.08. The first-order valence-corrected chi connectivity index (χ1v) is 6.25. The van der Waals surface area contributed by atoms with Crippen molar-refractivity contribution in [2.75, 3.05) is 13.1 Å². The zero-order valence-electron chi connectivity index (χ0n) is 10.7. The molecule has 0 atom stereocenters. The summed E-state index contributed by atoms with van der Waals surface area (Å²) in [5.74, 6) is -1.33. The second kappa shape index (κ2) is 5.80. The Hall–Kier alpha value is -1.39. The minimum atomic E-state index is -0.660. The summed E-state index contributed by atoms with van der Waals surface area (Å²) in [6, 6.07) is -0.474. The van der Waals surface area contributed by atoms with E-state index in [-0.39, 0.29) is 11.8 Å². The molecule has 0 saturated carbocycles. The van der Waals surface area contributed by atoms with Gasteiger partial charge in [0.25, 0.3) is 0 Å². The number of imide groups is 2. The van der Waals surface area contributed by atoms with Crippen LogP contribution in [0.2, 0.25) is 0 Å². The van der Waals surface area contributed by atoms with Crippen LogP contribution in [0.5, 0.6) is 0 Å². The number of hydrogen-bond acceptors (Lipinski definition) is 3. The highest BCUT2D eigenvalue weighted by Gasteiger charge is 2.43. The van der Waals surface area contributed by atoms with Gasteiger partial charge >= 0.3 is 6.03 Å². The van der Waals surface area contributed by atoms with Gasteiger partial charge < -0.3 is 0 Å². The topological polar surface area (TPSA) is 57.7 Å². The number of hydrogen-bond donors (Lipinski definition) is 0. The van der Waals surface area contributed by atoms with Crippen LogP contribution in [0.1, 0.15) is 40.0 Å². The highest BCUT2D eigenvalue weighted by Crippen LogP contribution is 2.22. The molecule has 0 aromatic heterocycles. The standard InChI is InChI=1S/C12H20N2O3/c1-4-7-8-9-10(15)13(5-2)12(17)14(6-3)11(9)16/h9H,4-8H2,1-3H3. The number of carbonyl (C=O) groups is 3. The molecule has 1 saturated heterocycles. The summed E-state index contributed by atoms with van der Waals surface area (Å²) in [7, 11) is 0. The van der Waals surface area contributed by atoms with Crippen LogP contribution in [-0.2, 0) is 9.59 Å². The summed E-state index contributed by atoms with van der Waals surface area (Å²) >= 11 is 0. The predicted molar refractivity (Wildman–Crippen MR) is 63.2 cm³/mol. The van der Waals surface area contributed by atoms with E-state index in [2.05, 4.69) is 0 Å². The van der Waals surface area contributed by atoms with Gasteiger partial charge in [-0.2, -0.15) is 0 Å². The van der Waals surface area contributed by atoms with Crippen molar-refractivity contribution >= 4 is 17.8 Å². The highest BCUT2D eigenvalue weighted by atomic mass is 16.2. The fraction of sp³-hybridized carbons (Fsp3) is 0.750. The van der Waals surface area contributed by atoms with Gasteiger partial charge in [0.2, 0.25) is 11.8 Å². The molecule has 1 heterocycles. The number of urea groups is 1. The Morgan fingerprint density at radius 2 is 1.41 bits per heavy atom. The number of unbranched alkanes of at least 4 members (excludes halogenated alkanes) is 1. The van der Waals surface area contributed by atoms with Gasteiger partial charge in [-0.15, -0.1) is 0 Å². The van der Waals surface area contributed by atoms with Crippen molar-refractivity contribution in [3.63, 3.8) is 0 Å². The molecule has 17 heavy (non-hydrogen) atoms. The van der Waals surface area contributed by atoms with E-state index < -0.39 is 11.9 Å². The minimum absolute atomic E-state index is 0.323. The van der Waals surface area contributed by atoms with Gasteiger partial charge in [0.15, 0.2) is 0 Å². The van der Waals surface area contributed by atoms with Gasteiger partial charge in [-0.1, -0.05) is 19.8 Å². The molecule has 96 valence electrons. The molecule has 0 radical (unpaired) electrons. The Bertz CT molecular complexity index is 302. The Labute approximate surface area is 102 Å². The van der Waals surface area contributed by atoms with Gasteiger partial charge in [-0.25, -0.2) is 4.79 Å². The van der Waals surface area contributed by atoms with Gasteiger partial charge in [0, 0.05) is 13.1 Å². The molecule has 0 aliphatic carbocycles. The molecule has 0 bridgehead atoms. The van der Waals surface area contributed by atoms with E-state index in [1.165, 1.54) is 9.80 Å². The third-order valence-corrected chi connectivity index (χ3v) is 3.07. The SMILES string of the molecule is CCCCC1C(=O)N(CC)C(=O)N(CC)C1=O. The molecule has 1 aliphatic rings. The monoisotopic (exact) mass is 240 g/mol. The summed E-state index contributed by atoms with van der Waals surface area (Å²) in [5.41, 5.74) is 0. The van der Waals surface area contributed by atoms with E-state index in [1.54, 1.807) is 13.8 Å². The van der Waals surface area contributed by atoms with Gasteiger partial charge in [0.05, 0.1) is 0 Å². The van der Waals surface area contributed by atoms with Crippen molar-refractivity contribution < 1.29 is 14.4 Å². The maximum Gasteiger partial charge on any atom is 0.333 e. The van der Waals surface area contributed by atoms with Crippen molar-refractivity contribution in [1.29, 1.82) is 0 Å². The van der Waals surface area contributed by atoms with Crippen LogP contribution < -0.4 is 0 Å².